The van der Waals surface area contributed by atoms with Crippen molar-refractivity contribution in [2.75, 3.05) is 26.3 Å². The van der Waals surface area contributed by atoms with E-state index in [0.29, 0.717) is 0 Å². The Hall–Kier alpha value is -1.13. The van der Waals surface area contributed by atoms with Crippen LogP contribution in [0, 0.1) is 6.92 Å². The first-order valence-corrected chi connectivity index (χ1v) is 6.70. The van der Waals surface area contributed by atoms with Gasteiger partial charge in [-0.25, -0.2) is 0 Å². The lowest BCUT2D eigenvalue weighted by atomic mass is 10.3. The first kappa shape index (κ1) is 14.9. The van der Waals surface area contributed by atoms with Gasteiger partial charge in [-0.2, -0.15) is 0 Å². The Morgan fingerprint density at radius 2 is 2.11 bits per heavy atom. The molecule has 1 rings (SSSR count). The lowest BCUT2D eigenvalue weighted by molar-refractivity contribution is 0.143. The van der Waals surface area contributed by atoms with Gasteiger partial charge in [-0.3, -0.25) is 4.79 Å². The molecule has 0 radical (unpaired) electrons. The summed E-state index contributed by atoms with van der Waals surface area (Å²) in [7, 11) is 0. The molecule has 0 aromatic carbocycles. The van der Waals surface area contributed by atoms with Gasteiger partial charge in [-0.15, -0.1) is 0 Å². The summed E-state index contributed by atoms with van der Waals surface area (Å²) in [6.07, 6.45) is 2.20. The highest BCUT2D eigenvalue weighted by atomic mass is 16.5. The molecule has 0 aliphatic carbocycles. The molecular formula is C14H24N2O2. The van der Waals surface area contributed by atoms with Crippen LogP contribution in [0.2, 0.25) is 0 Å². The van der Waals surface area contributed by atoms with E-state index in [1.807, 2.05) is 19.9 Å². The maximum absolute atomic E-state index is 11.6. The molecule has 0 amide bonds. The largest absolute Gasteiger partial charge is 0.382 e. The van der Waals surface area contributed by atoms with Crippen molar-refractivity contribution in [1.29, 1.82) is 0 Å². The summed E-state index contributed by atoms with van der Waals surface area (Å²) in [4.78, 5) is 11.6. The van der Waals surface area contributed by atoms with Crippen molar-refractivity contribution in [3.63, 3.8) is 0 Å². The fraction of sp³-hybridized carbons (Fsp3) is 0.643. The first-order valence-electron chi connectivity index (χ1n) is 6.70. The van der Waals surface area contributed by atoms with Crippen LogP contribution in [0.25, 0.3) is 0 Å². The number of hydrogen-bond donors (Lipinski definition) is 1. The summed E-state index contributed by atoms with van der Waals surface area (Å²) in [5, 5.41) is 3.35. The monoisotopic (exact) mass is 252 g/mol. The Bertz CT molecular complexity index is 388. The second kappa shape index (κ2) is 8.89. The fourth-order valence-corrected chi connectivity index (χ4v) is 1.82. The van der Waals surface area contributed by atoms with Crippen LogP contribution in [0.1, 0.15) is 25.5 Å². The number of pyridine rings is 1. The molecule has 1 heterocycles. The molecule has 0 spiro atoms. The Kier molecular flexibility index (Phi) is 7.37. The van der Waals surface area contributed by atoms with Gasteiger partial charge in [0.25, 0.3) is 5.56 Å². The van der Waals surface area contributed by atoms with E-state index in [1.54, 1.807) is 16.7 Å². The van der Waals surface area contributed by atoms with Crippen molar-refractivity contribution < 1.29 is 4.74 Å². The van der Waals surface area contributed by atoms with Crippen molar-refractivity contribution in [3.05, 3.63) is 34.2 Å². The van der Waals surface area contributed by atoms with Crippen LogP contribution in [-0.4, -0.2) is 30.9 Å². The van der Waals surface area contributed by atoms with E-state index in [2.05, 4.69) is 5.32 Å². The maximum Gasteiger partial charge on any atom is 0.250 e. The molecule has 0 fully saturated rings. The van der Waals surface area contributed by atoms with Crippen molar-refractivity contribution in [2.24, 2.45) is 0 Å². The topological polar surface area (TPSA) is 43.3 Å². The number of rotatable bonds is 9. The standard InChI is InChI=1S/C14H24N2O2/c1-3-18-12-5-4-9-15-10-11-16-13(2)7-6-8-14(16)17/h6-8,15H,3-5,9-12H2,1-2H3. The van der Waals surface area contributed by atoms with Gasteiger partial charge in [-0.05, 0) is 39.3 Å². The summed E-state index contributed by atoms with van der Waals surface area (Å²) in [6, 6.07) is 5.37. The summed E-state index contributed by atoms with van der Waals surface area (Å²) in [6.45, 7) is 8.16. The molecule has 18 heavy (non-hydrogen) atoms. The number of unbranched alkanes of at least 4 members (excludes halogenated alkanes) is 1. The molecule has 1 N–H and O–H groups in total. The third-order valence-electron chi connectivity index (χ3n) is 2.88. The minimum atomic E-state index is 0.0770. The van der Waals surface area contributed by atoms with Crippen LogP contribution in [0.3, 0.4) is 0 Å². The molecule has 102 valence electrons. The number of hydrogen-bond acceptors (Lipinski definition) is 3. The zero-order valence-electron chi connectivity index (χ0n) is 11.4. The first-order chi connectivity index (χ1) is 8.75. The van der Waals surface area contributed by atoms with E-state index in [9.17, 15) is 4.79 Å². The smallest absolute Gasteiger partial charge is 0.250 e. The molecule has 1 aromatic rings. The van der Waals surface area contributed by atoms with Crippen molar-refractivity contribution >= 4 is 0 Å². The van der Waals surface area contributed by atoms with Crippen LogP contribution >= 0.6 is 0 Å². The van der Waals surface area contributed by atoms with Gasteiger partial charge in [0.1, 0.15) is 0 Å². The van der Waals surface area contributed by atoms with E-state index in [0.717, 1.165) is 51.4 Å². The SMILES string of the molecule is CCOCCCCNCCn1c(C)cccc1=O. The van der Waals surface area contributed by atoms with E-state index < -0.39 is 0 Å². The van der Waals surface area contributed by atoms with Crippen LogP contribution in [0.4, 0.5) is 0 Å². The van der Waals surface area contributed by atoms with Gasteiger partial charge in [0, 0.05) is 38.1 Å². The van der Waals surface area contributed by atoms with Gasteiger partial charge >= 0.3 is 0 Å². The molecule has 0 atom stereocenters. The predicted molar refractivity (Wildman–Crippen MR) is 74.0 cm³/mol. The number of aromatic nitrogens is 1. The Labute approximate surface area is 109 Å². The predicted octanol–water partition coefficient (Wildman–Crippen LogP) is 1.56. The van der Waals surface area contributed by atoms with E-state index in [4.69, 9.17) is 4.74 Å². The van der Waals surface area contributed by atoms with Gasteiger partial charge in [0.05, 0.1) is 0 Å². The molecule has 0 aliphatic heterocycles. The maximum atomic E-state index is 11.6. The third-order valence-corrected chi connectivity index (χ3v) is 2.88. The average molecular weight is 252 g/mol. The Balaban J connectivity index is 2.13. The third kappa shape index (κ3) is 5.47. The number of nitrogens with one attached hydrogen (secondary N) is 1. The molecule has 0 saturated heterocycles. The number of ether oxygens (including phenoxy) is 1. The summed E-state index contributed by atoms with van der Waals surface area (Å²) < 4.78 is 7.07. The van der Waals surface area contributed by atoms with Crippen molar-refractivity contribution in [2.45, 2.75) is 33.2 Å². The van der Waals surface area contributed by atoms with Gasteiger partial charge in [0.2, 0.25) is 0 Å². The van der Waals surface area contributed by atoms with Crippen LogP contribution in [-0.2, 0) is 11.3 Å². The minimum Gasteiger partial charge on any atom is -0.382 e. The number of nitrogens with zero attached hydrogens (tertiary/aromatic N) is 1. The second-order valence-corrected chi connectivity index (χ2v) is 4.31. The van der Waals surface area contributed by atoms with E-state index in [-0.39, 0.29) is 5.56 Å². The van der Waals surface area contributed by atoms with Crippen molar-refractivity contribution in [3.8, 4) is 0 Å². The Morgan fingerprint density at radius 3 is 2.83 bits per heavy atom. The molecule has 4 heteroatoms. The quantitative estimate of drug-likeness (QED) is 0.678. The normalized spacial score (nSPS) is 10.8. The zero-order valence-corrected chi connectivity index (χ0v) is 11.4. The molecule has 0 saturated carbocycles. The zero-order chi connectivity index (χ0) is 13.2. The highest BCUT2D eigenvalue weighted by Crippen LogP contribution is 1.93. The molecular weight excluding hydrogens is 228 g/mol. The molecule has 0 unspecified atom stereocenters. The lowest BCUT2D eigenvalue weighted by Gasteiger charge is -2.10. The minimum absolute atomic E-state index is 0.0770. The molecule has 0 bridgehead atoms. The van der Waals surface area contributed by atoms with Gasteiger partial charge in [0.15, 0.2) is 0 Å². The fourth-order valence-electron chi connectivity index (χ4n) is 1.82. The average Bonchev–Trinajstić information content (AvgIpc) is 2.35. The second-order valence-electron chi connectivity index (χ2n) is 4.31. The highest BCUT2D eigenvalue weighted by molar-refractivity contribution is 5.04. The van der Waals surface area contributed by atoms with Crippen LogP contribution in [0.15, 0.2) is 23.0 Å². The van der Waals surface area contributed by atoms with Crippen molar-refractivity contribution in [1.82, 2.24) is 9.88 Å². The summed E-state index contributed by atoms with van der Waals surface area (Å²) >= 11 is 0. The van der Waals surface area contributed by atoms with E-state index >= 15 is 0 Å². The Morgan fingerprint density at radius 1 is 1.28 bits per heavy atom. The highest BCUT2D eigenvalue weighted by Gasteiger charge is 1.98. The molecule has 4 nitrogen and oxygen atoms in total. The summed E-state index contributed by atoms with van der Waals surface area (Å²) in [5.41, 5.74) is 1.09. The molecule has 1 aromatic heterocycles. The van der Waals surface area contributed by atoms with Crippen LogP contribution < -0.4 is 10.9 Å². The van der Waals surface area contributed by atoms with Crippen LogP contribution in [0.5, 0.6) is 0 Å². The molecule has 0 aliphatic rings. The van der Waals surface area contributed by atoms with E-state index in [1.165, 1.54) is 0 Å². The number of aryl methyl sites for hydroxylation is 1. The summed E-state index contributed by atoms with van der Waals surface area (Å²) in [5.74, 6) is 0. The van der Waals surface area contributed by atoms with Gasteiger partial charge in [-0.1, -0.05) is 6.07 Å². The lowest BCUT2D eigenvalue weighted by Crippen LogP contribution is -2.28. The van der Waals surface area contributed by atoms with Gasteiger partial charge < -0.3 is 14.6 Å².